The van der Waals surface area contributed by atoms with Gasteiger partial charge in [-0.1, -0.05) is 22.4 Å². The molecule has 3 rings (SSSR count). The fourth-order valence-corrected chi connectivity index (χ4v) is 4.19. The number of carbonyl (C=O) groups excluding carboxylic acids is 1. The third-order valence-corrected chi connectivity index (χ3v) is 5.17. The van der Waals surface area contributed by atoms with Gasteiger partial charge < -0.3 is 15.7 Å². The Morgan fingerprint density at radius 3 is 2.76 bits per heavy atom. The van der Waals surface area contributed by atoms with Gasteiger partial charge in [-0.25, -0.2) is 4.79 Å². The van der Waals surface area contributed by atoms with Gasteiger partial charge in [-0.2, -0.15) is 0 Å². The van der Waals surface area contributed by atoms with Crippen molar-refractivity contribution in [2.45, 2.75) is 25.3 Å². The van der Waals surface area contributed by atoms with E-state index < -0.39 is 17.9 Å². The molecule has 1 aliphatic carbocycles. The average molecular weight is 353 g/mol. The molecule has 6 heteroatoms. The van der Waals surface area contributed by atoms with Crippen molar-refractivity contribution >= 4 is 33.5 Å². The Morgan fingerprint density at radius 1 is 1.33 bits per heavy atom. The summed E-state index contributed by atoms with van der Waals surface area (Å²) < 4.78 is 0.756. The first-order valence-corrected chi connectivity index (χ1v) is 7.87. The smallest absolute Gasteiger partial charge is 0.326 e. The van der Waals surface area contributed by atoms with Crippen molar-refractivity contribution in [2.75, 3.05) is 11.4 Å². The maximum Gasteiger partial charge on any atom is 0.326 e. The highest BCUT2D eigenvalue weighted by Gasteiger charge is 2.48. The molecule has 1 aromatic rings. The normalized spacial score (nSPS) is 27.7. The number of amides is 1. The summed E-state index contributed by atoms with van der Waals surface area (Å²) in [7, 11) is 0. The summed E-state index contributed by atoms with van der Waals surface area (Å²) in [6.07, 6.45) is 3.10. The Kier molecular flexibility index (Phi) is 3.65. The maximum atomic E-state index is 11.7. The van der Waals surface area contributed by atoms with Crippen LogP contribution < -0.4 is 10.6 Å². The highest BCUT2D eigenvalue weighted by Crippen LogP contribution is 2.44. The third kappa shape index (κ3) is 2.41. The molecule has 1 saturated carbocycles. The standard InChI is InChI=1S/C15H17BrN2O3/c16-9-4-5-12(11(6-9)14(17)19)18-7-8-2-1-3-10(8)13(18)15(20)21/h4-6,8,10,13H,1-3,7H2,(H2,17,19)(H,20,21). The summed E-state index contributed by atoms with van der Waals surface area (Å²) in [5.74, 6) is -0.780. The van der Waals surface area contributed by atoms with Crippen LogP contribution in [0.4, 0.5) is 5.69 Å². The molecule has 1 amide bonds. The summed E-state index contributed by atoms with van der Waals surface area (Å²) in [6.45, 7) is 0.684. The lowest BCUT2D eigenvalue weighted by Gasteiger charge is -2.28. The molecular formula is C15H17BrN2O3. The molecule has 5 nitrogen and oxygen atoms in total. The molecule has 2 aliphatic rings. The molecule has 1 aliphatic heterocycles. The Bertz CT molecular complexity index is 605. The molecule has 0 bridgehead atoms. The second-order valence-electron chi connectivity index (χ2n) is 5.82. The molecule has 112 valence electrons. The van der Waals surface area contributed by atoms with Crippen molar-refractivity contribution < 1.29 is 14.7 Å². The van der Waals surface area contributed by atoms with Gasteiger partial charge in [-0.3, -0.25) is 4.79 Å². The SMILES string of the molecule is NC(=O)c1cc(Br)ccc1N1CC2CCCC2C1C(=O)O. The maximum absolute atomic E-state index is 11.7. The zero-order valence-electron chi connectivity index (χ0n) is 11.5. The van der Waals surface area contributed by atoms with Crippen molar-refractivity contribution in [3.63, 3.8) is 0 Å². The van der Waals surface area contributed by atoms with Gasteiger partial charge in [0.25, 0.3) is 5.91 Å². The van der Waals surface area contributed by atoms with Crippen molar-refractivity contribution in [1.82, 2.24) is 0 Å². The van der Waals surface area contributed by atoms with E-state index in [1.54, 1.807) is 12.1 Å². The van der Waals surface area contributed by atoms with E-state index in [1.807, 2.05) is 11.0 Å². The van der Waals surface area contributed by atoms with E-state index >= 15 is 0 Å². The van der Waals surface area contributed by atoms with E-state index in [0.29, 0.717) is 23.7 Å². The third-order valence-electron chi connectivity index (χ3n) is 4.68. The number of carbonyl (C=O) groups is 2. The van der Waals surface area contributed by atoms with E-state index in [4.69, 9.17) is 5.73 Å². The number of carboxylic acid groups (broad SMARTS) is 1. The van der Waals surface area contributed by atoms with E-state index in [2.05, 4.69) is 15.9 Å². The zero-order valence-corrected chi connectivity index (χ0v) is 13.0. The molecule has 0 radical (unpaired) electrons. The molecule has 3 atom stereocenters. The van der Waals surface area contributed by atoms with Gasteiger partial charge in [-0.05, 0) is 42.9 Å². The number of hydrogen-bond acceptors (Lipinski definition) is 3. The topological polar surface area (TPSA) is 83.6 Å². The van der Waals surface area contributed by atoms with Crippen LogP contribution in [0.5, 0.6) is 0 Å². The number of benzene rings is 1. The molecule has 1 heterocycles. The lowest BCUT2D eigenvalue weighted by Crippen LogP contribution is -2.40. The molecule has 1 saturated heterocycles. The lowest BCUT2D eigenvalue weighted by molar-refractivity contribution is -0.139. The number of halogens is 1. The molecule has 1 aromatic carbocycles. The van der Waals surface area contributed by atoms with Gasteiger partial charge in [0.05, 0.1) is 11.3 Å². The lowest BCUT2D eigenvalue weighted by atomic mass is 9.94. The van der Waals surface area contributed by atoms with Crippen LogP contribution in [0.25, 0.3) is 0 Å². The summed E-state index contributed by atoms with van der Waals surface area (Å²) in [6, 6.07) is 4.69. The van der Waals surface area contributed by atoms with Crippen molar-refractivity contribution in [2.24, 2.45) is 17.6 Å². The Morgan fingerprint density at radius 2 is 2.10 bits per heavy atom. The number of primary amides is 1. The molecular weight excluding hydrogens is 336 g/mol. The largest absolute Gasteiger partial charge is 0.480 e. The Balaban J connectivity index is 2.03. The van der Waals surface area contributed by atoms with Crippen molar-refractivity contribution in [3.8, 4) is 0 Å². The summed E-state index contributed by atoms with van der Waals surface area (Å²) in [5.41, 5.74) is 6.46. The number of carboxylic acids is 1. The van der Waals surface area contributed by atoms with Crippen LogP contribution in [0, 0.1) is 11.8 Å². The van der Waals surface area contributed by atoms with Gasteiger partial charge in [-0.15, -0.1) is 0 Å². The quantitative estimate of drug-likeness (QED) is 0.873. The molecule has 0 aromatic heterocycles. The second kappa shape index (κ2) is 5.33. The number of nitrogens with zero attached hydrogens (tertiary/aromatic N) is 1. The number of fused-ring (bicyclic) bond motifs is 1. The number of anilines is 1. The fourth-order valence-electron chi connectivity index (χ4n) is 3.83. The minimum Gasteiger partial charge on any atom is -0.480 e. The first-order chi connectivity index (χ1) is 9.99. The van der Waals surface area contributed by atoms with Gasteiger partial charge in [0.2, 0.25) is 0 Å². The van der Waals surface area contributed by atoms with Gasteiger partial charge in [0.1, 0.15) is 6.04 Å². The van der Waals surface area contributed by atoms with Crippen LogP contribution in [0.1, 0.15) is 29.6 Å². The molecule has 0 spiro atoms. The number of aliphatic carboxylic acids is 1. The average Bonchev–Trinajstić information content (AvgIpc) is 2.97. The molecule has 3 N–H and O–H groups in total. The highest BCUT2D eigenvalue weighted by atomic mass is 79.9. The van der Waals surface area contributed by atoms with Crippen molar-refractivity contribution in [1.29, 1.82) is 0 Å². The second-order valence-corrected chi connectivity index (χ2v) is 6.73. The Labute approximate surface area is 131 Å². The van der Waals surface area contributed by atoms with Crippen LogP contribution in [0.2, 0.25) is 0 Å². The predicted octanol–water partition coefficient (Wildman–Crippen LogP) is 2.24. The van der Waals surface area contributed by atoms with E-state index in [1.165, 1.54) is 0 Å². The zero-order chi connectivity index (χ0) is 15.1. The predicted molar refractivity (Wildman–Crippen MR) is 82.3 cm³/mol. The van der Waals surface area contributed by atoms with Crippen LogP contribution >= 0.6 is 15.9 Å². The molecule has 2 fully saturated rings. The number of hydrogen-bond donors (Lipinski definition) is 2. The number of nitrogens with two attached hydrogens (primary N) is 1. The number of rotatable bonds is 3. The fraction of sp³-hybridized carbons (Fsp3) is 0.467. The first-order valence-electron chi connectivity index (χ1n) is 7.08. The minimum absolute atomic E-state index is 0.173. The first kappa shape index (κ1) is 14.4. The van der Waals surface area contributed by atoms with Gasteiger partial charge in [0.15, 0.2) is 0 Å². The van der Waals surface area contributed by atoms with Crippen LogP contribution in [0.15, 0.2) is 22.7 Å². The summed E-state index contributed by atoms with van der Waals surface area (Å²) >= 11 is 3.32. The van der Waals surface area contributed by atoms with Crippen LogP contribution in [-0.2, 0) is 4.79 Å². The molecule has 3 unspecified atom stereocenters. The minimum atomic E-state index is -0.817. The van der Waals surface area contributed by atoms with E-state index in [0.717, 1.165) is 23.7 Å². The molecule has 21 heavy (non-hydrogen) atoms. The van der Waals surface area contributed by atoms with Gasteiger partial charge in [0, 0.05) is 11.0 Å². The van der Waals surface area contributed by atoms with Gasteiger partial charge >= 0.3 is 5.97 Å². The van der Waals surface area contributed by atoms with Crippen LogP contribution in [-0.4, -0.2) is 29.6 Å². The monoisotopic (exact) mass is 352 g/mol. The highest BCUT2D eigenvalue weighted by molar-refractivity contribution is 9.10. The van der Waals surface area contributed by atoms with E-state index in [-0.39, 0.29) is 5.92 Å². The summed E-state index contributed by atoms with van der Waals surface area (Å²) in [5, 5.41) is 9.61. The van der Waals surface area contributed by atoms with Crippen molar-refractivity contribution in [3.05, 3.63) is 28.2 Å². The van der Waals surface area contributed by atoms with E-state index in [9.17, 15) is 14.7 Å². The Hall–Kier alpha value is -1.56. The summed E-state index contributed by atoms with van der Waals surface area (Å²) in [4.78, 5) is 25.2. The van der Waals surface area contributed by atoms with Crippen LogP contribution in [0.3, 0.4) is 0 Å².